The molecule has 2 aromatic rings. The van der Waals surface area contributed by atoms with E-state index in [1.54, 1.807) is 0 Å². The van der Waals surface area contributed by atoms with Crippen LogP contribution in [-0.4, -0.2) is 27.5 Å². The average Bonchev–Trinajstić information content (AvgIpc) is 2.67. The van der Waals surface area contributed by atoms with Crippen molar-refractivity contribution in [3.63, 3.8) is 0 Å². The van der Waals surface area contributed by atoms with Crippen molar-refractivity contribution in [1.29, 1.82) is 0 Å². The first-order valence-electron chi connectivity index (χ1n) is 8.21. The average molecular weight is 296 g/mol. The van der Waals surface area contributed by atoms with Crippen LogP contribution in [0.25, 0.3) is 11.0 Å². The maximum atomic E-state index is 4.80. The van der Waals surface area contributed by atoms with Crippen LogP contribution in [0, 0.1) is 17.8 Å². The van der Waals surface area contributed by atoms with Gasteiger partial charge in [-0.25, -0.2) is 15.0 Å². The molecule has 2 atom stereocenters. The molecular formula is C18H24N4. The maximum Gasteiger partial charge on any atom is 0.164 e. The smallest absolute Gasteiger partial charge is 0.164 e. The predicted octanol–water partition coefficient (Wildman–Crippen LogP) is 3.74. The number of hydrogen-bond acceptors (Lipinski definition) is 4. The van der Waals surface area contributed by atoms with E-state index in [1.165, 1.54) is 19.3 Å². The number of nitrogens with zero attached hydrogens (tertiary/aromatic N) is 4. The fourth-order valence-electron chi connectivity index (χ4n) is 4.98. The van der Waals surface area contributed by atoms with E-state index < -0.39 is 0 Å². The van der Waals surface area contributed by atoms with Gasteiger partial charge in [-0.1, -0.05) is 20.8 Å². The lowest BCUT2D eigenvalue weighted by atomic mass is 9.65. The lowest BCUT2D eigenvalue weighted by Crippen LogP contribution is -2.35. The second-order valence-corrected chi connectivity index (χ2v) is 8.31. The van der Waals surface area contributed by atoms with Crippen molar-refractivity contribution in [2.75, 3.05) is 11.4 Å². The topological polar surface area (TPSA) is 41.9 Å². The molecule has 2 bridgehead atoms. The molecule has 1 saturated heterocycles. The Balaban J connectivity index is 1.83. The summed E-state index contributed by atoms with van der Waals surface area (Å²) in [7, 11) is 0. The number of rotatable bonds is 1. The van der Waals surface area contributed by atoms with Crippen molar-refractivity contribution in [2.24, 2.45) is 10.8 Å². The van der Waals surface area contributed by atoms with Gasteiger partial charge in [0.05, 0.1) is 5.39 Å². The van der Waals surface area contributed by atoms with Crippen molar-refractivity contribution in [2.45, 2.75) is 53.0 Å². The third-order valence-corrected chi connectivity index (χ3v) is 5.25. The summed E-state index contributed by atoms with van der Waals surface area (Å²) in [5.74, 6) is 1.90. The molecule has 22 heavy (non-hydrogen) atoms. The van der Waals surface area contributed by atoms with Gasteiger partial charge in [0, 0.05) is 18.8 Å². The van der Waals surface area contributed by atoms with Crippen molar-refractivity contribution in [3.05, 3.63) is 24.2 Å². The molecule has 1 aliphatic carbocycles. The third kappa shape index (κ3) is 2.16. The maximum absolute atomic E-state index is 4.80. The fourth-order valence-corrected chi connectivity index (χ4v) is 4.98. The number of hydrogen-bond donors (Lipinski definition) is 0. The zero-order chi connectivity index (χ0) is 15.5. The Morgan fingerprint density at radius 1 is 1.18 bits per heavy atom. The van der Waals surface area contributed by atoms with Gasteiger partial charge in [0.25, 0.3) is 0 Å². The Labute approximate surface area is 132 Å². The van der Waals surface area contributed by atoms with Crippen LogP contribution in [0.4, 0.5) is 5.82 Å². The Morgan fingerprint density at radius 3 is 2.82 bits per heavy atom. The van der Waals surface area contributed by atoms with Crippen LogP contribution in [0.5, 0.6) is 0 Å². The molecule has 116 valence electrons. The Bertz CT molecular complexity index is 739. The normalized spacial score (nSPS) is 30.0. The second-order valence-electron chi connectivity index (χ2n) is 8.31. The van der Waals surface area contributed by atoms with Crippen LogP contribution in [0.1, 0.15) is 45.9 Å². The molecule has 3 heterocycles. The quantitative estimate of drug-likeness (QED) is 0.804. The minimum Gasteiger partial charge on any atom is -0.352 e. The Kier molecular flexibility index (Phi) is 2.78. The molecule has 0 amide bonds. The van der Waals surface area contributed by atoms with Gasteiger partial charge in [0.15, 0.2) is 5.65 Å². The van der Waals surface area contributed by atoms with Crippen LogP contribution < -0.4 is 4.90 Å². The minimum atomic E-state index is 0.403. The van der Waals surface area contributed by atoms with E-state index in [0.717, 1.165) is 29.2 Å². The van der Waals surface area contributed by atoms with Gasteiger partial charge in [-0.2, -0.15) is 0 Å². The van der Waals surface area contributed by atoms with Crippen LogP contribution in [-0.2, 0) is 0 Å². The van der Waals surface area contributed by atoms with Gasteiger partial charge in [-0.3, -0.25) is 0 Å². The minimum absolute atomic E-state index is 0.403. The molecule has 0 aromatic carbocycles. The number of aromatic nitrogens is 3. The number of anilines is 1. The van der Waals surface area contributed by atoms with E-state index in [0.29, 0.717) is 16.9 Å². The first-order valence-corrected chi connectivity index (χ1v) is 8.21. The van der Waals surface area contributed by atoms with Crippen LogP contribution >= 0.6 is 0 Å². The molecule has 2 aromatic heterocycles. The summed E-state index contributed by atoms with van der Waals surface area (Å²) >= 11 is 0. The molecule has 4 heteroatoms. The van der Waals surface area contributed by atoms with Crippen molar-refractivity contribution < 1.29 is 0 Å². The van der Waals surface area contributed by atoms with Gasteiger partial charge >= 0.3 is 0 Å². The predicted molar refractivity (Wildman–Crippen MR) is 88.9 cm³/mol. The number of pyridine rings is 1. The van der Waals surface area contributed by atoms with Gasteiger partial charge in [0.1, 0.15) is 11.6 Å². The van der Waals surface area contributed by atoms with E-state index in [1.807, 2.05) is 19.2 Å². The van der Waals surface area contributed by atoms with Crippen molar-refractivity contribution in [1.82, 2.24) is 15.0 Å². The number of fused-ring (bicyclic) bond motifs is 3. The first-order chi connectivity index (χ1) is 10.4. The zero-order valence-electron chi connectivity index (χ0n) is 13.9. The lowest BCUT2D eigenvalue weighted by Gasteiger charge is -2.39. The summed E-state index contributed by atoms with van der Waals surface area (Å²) in [6, 6.07) is 4.68. The van der Waals surface area contributed by atoms with Gasteiger partial charge < -0.3 is 4.90 Å². The molecule has 4 nitrogen and oxygen atoms in total. The highest BCUT2D eigenvalue weighted by Gasteiger charge is 2.50. The third-order valence-electron chi connectivity index (χ3n) is 5.25. The van der Waals surface area contributed by atoms with Crippen LogP contribution in [0.2, 0.25) is 0 Å². The first kappa shape index (κ1) is 13.9. The Hall–Kier alpha value is -1.71. The van der Waals surface area contributed by atoms with Gasteiger partial charge in [0.2, 0.25) is 0 Å². The van der Waals surface area contributed by atoms with E-state index >= 15 is 0 Å². The molecule has 0 radical (unpaired) electrons. The molecule has 2 fully saturated rings. The summed E-state index contributed by atoms with van der Waals surface area (Å²) in [5.41, 5.74) is 1.64. The van der Waals surface area contributed by atoms with Gasteiger partial charge in [-0.05, 0) is 49.1 Å². The standard InChI is InChI=1S/C18H24N4/c1-12-20-15-14(6-5-7-19-15)16(21-12)22-11-18(4)9-13(22)8-17(2,3)10-18/h5-7,13H,8-11H2,1-4H3. The van der Waals surface area contributed by atoms with Gasteiger partial charge in [-0.15, -0.1) is 0 Å². The molecular weight excluding hydrogens is 272 g/mol. The Morgan fingerprint density at radius 2 is 2.00 bits per heavy atom. The summed E-state index contributed by atoms with van der Waals surface area (Å²) in [6.45, 7) is 10.3. The fraction of sp³-hybridized carbons (Fsp3) is 0.611. The lowest BCUT2D eigenvalue weighted by molar-refractivity contribution is 0.136. The zero-order valence-corrected chi connectivity index (χ0v) is 13.9. The van der Waals surface area contributed by atoms with Crippen molar-refractivity contribution in [3.8, 4) is 0 Å². The SMILES string of the molecule is Cc1nc(N2CC3(C)CC2CC(C)(C)C3)c2cccnc2n1. The largest absolute Gasteiger partial charge is 0.352 e. The number of aryl methyl sites for hydroxylation is 1. The monoisotopic (exact) mass is 296 g/mol. The molecule has 2 unspecified atom stereocenters. The summed E-state index contributed by atoms with van der Waals surface area (Å²) in [5, 5.41) is 1.09. The molecule has 0 spiro atoms. The summed E-state index contributed by atoms with van der Waals surface area (Å²) in [6.07, 6.45) is 5.63. The summed E-state index contributed by atoms with van der Waals surface area (Å²) in [4.78, 5) is 16.3. The molecule has 1 aliphatic heterocycles. The van der Waals surface area contributed by atoms with Crippen LogP contribution in [0.3, 0.4) is 0 Å². The highest BCUT2D eigenvalue weighted by Crippen LogP contribution is 2.53. The summed E-state index contributed by atoms with van der Waals surface area (Å²) < 4.78 is 0. The van der Waals surface area contributed by atoms with E-state index in [4.69, 9.17) is 4.98 Å². The second kappa shape index (κ2) is 4.40. The van der Waals surface area contributed by atoms with E-state index in [2.05, 4.69) is 41.7 Å². The highest BCUT2D eigenvalue weighted by molar-refractivity contribution is 5.87. The molecule has 0 N–H and O–H groups in total. The molecule has 2 aliphatic rings. The molecule has 1 saturated carbocycles. The van der Waals surface area contributed by atoms with Crippen molar-refractivity contribution >= 4 is 16.9 Å². The van der Waals surface area contributed by atoms with E-state index in [-0.39, 0.29) is 0 Å². The molecule has 4 rings (SSSR count). The van der Waals surface area contributed by atoms with Crippen LogP contribution in [0.15, 0.2) is 18.3 Å². The highest BCUT2D eigenvalue weighted by atomic mass is 15.3. The van der Waals surface area contributed by atoms with E-state index in [9.17, 15) is 0 Å².